The Hall–Kier alpha value is -12.3. The van der Waals surface area contributed by atoms with Crippen molar-refractivity contribution in [1.82, 2.24) is 62.4 Å². The molecular formula is C92H108N21O32P5. The predicted octanol–water partition coefficient (Wildman–Crippen LogP) is 11.4. The van der Waals surface area contributed by atoms with Crippen LogP contribution in [-0.4, -0.2) is 245 Å². The van der Waals surface area contributed by atoms with Crippen molar-refractivity contribution in [2.75, 3.05) is 108 Å². The predicted molar refractivity (Wildman–Crippen MR) is 530 cm³/mol. The zero-order valence-electron chi connectivity index (χ0n) is 82.1. The minimum absolute atomic E-state index is 0.00168. The Kier molecular flexibility index (Phi) is 39.4. The van der Waals surface area contributed by atoms with E-state index in [9.17, 15) is 43.2 Å². The molecule has 3 amide bonds. The van der Waals surface area contributed by atoms with Crippen molar-refractivity contribution in [1.29, 1.82) is 0 Å². The molecule has 5 unspecified atom stereocenters. The number of aromatic amines is 2. The highest BCUT2D eigenvalue weighted by Gasteiger charge is 2.53. The highest BCUT2D eigenvalue weighted by atomic mass is 31.2. The molecule has 0 aliphatic carbocycles. The third kappa shape index (κ3) is 29.2. The van der Waals surface area contributed by atoms with Gasteiger partial charge in [-0.05, 0) is 91.3 Å². The van der Waals surface area contributed by atoms with Gasteiger partial charge in [0.15, 0.2) is 17.0 Å². The second-order valence-electron chi connectivity index (χ2n) is 34.7. The topological polar surface area (TPSA) is 579 Å². The van der Waals surface area contributed by atoms with Gasteiger partial charge in [-0.15, -0.1) is 0 Å². The number of hydrogen-bond donors (Lipinski definition) is 5. The quantitative estimate of drug-likeness (QED) is 0.0134. The van der Waals surface area contributed by atoms with Crippen LogP contribution in [0.5, 0.6) is 0 Å². The van der Waals surface area contributed by atoms with E-state index in [2.05, 4.69) is 75.1 Å². The summed E-state index contributed by atoms with van der Waals surface area (Å²) >= 11 is 0. The molecule has 6 aromatic heterocycles. The van der Waals surface area contributed by atoms with Crippen molar-refractivity contribution in [2.45, 2.75) is 198 Å². The van der Waals surface area contributed by atoms with Gasteiger partial charge in [0.2, 0.25) is 32.7 Å². The maximum absolute atomic E-state index is 16.3. The minimum Gasteiger partial charge on any atom is -0.352 e. The number of carbonyl (C=O) groups excluding carboxylic acids is 3. The van der Waals surface area contributed by atoms with E-state index in [0.717, 1.165) is 36.9 Å². The Labute approximate surface area is 857 Å². The van der Waals surface area contributed by atoms with E-state index < -0.39 is 275 Å². The lowest BCUT2D eigenvalue weighted by atomic mass is 10.1. The van der Waals surface area contributed by atoms with Crippen LogP contribution in [0.2, 0.25) is 0 Å². The van der Waals surface area contributed by atoms with Gasteiger partial charge < -0.3 is 72.9 Å². The number of ether oxygens (including phenoxy) is 5. The van der Waals surface area contributed by atoms with Crippen molar-refractivity contribution < 1.29 is 120 Å². The molecule has 0 bridgehead atoms. The number of nitrogens with zero attached hydrogens (tertiary/aromatic N) is 16. The van der Waals surface area contributed by atoms with Crippen LogP contribution in [0.3, 0.4) is 0 Å². The maximum Gasteiger partial charge on any atom is 0.475 e. The number of amides is 3. The smallest absolute Gasteiger partial charge is 0.352 e. The van der Waals surface area contributed by atoms with Crippen LogP contribution < -0.4 is 49.8 Å². The summed E-state index contributed by atoms with van der Waals surface area (Å²) < 4.78 is 191. The number of nitrogens with one attached hydrogen (secondary N) is 5. The summed E-state index contributed by atoms with van der Waals surface area (Å²) in [5.74, 6) is -2.08. The fraction of sp³-hybridized carbons (Fsp3) is 0.489. The first-order valence-electron chi connectivity index (χ1n) is 47.2. The van der Waals surface area contributed by atoms with Crippen molar-refractivity contribution >= 4 is 86.2 Å². The minimum atomic E-state index is -5.45. The van der Waals surface area contributed by atoms with Crippen LogP contribution in [-0.2, 0) is 105 Å². The van der Waals surface area contributed by atoms with E-state index in [1.165, 1.54) is 55.5 Å². The number of anilines is 3. The zero-order valence-corrected chi connectivity index (χ0v) is 86.6. The number of phosphoric acid groups is 4. The van der Waals surface area contributed by atoms with Crippen LogP contribution >= 0.6 is 39.8 Å². The summed E-state index contributed by atoms with van der Waals surface area (Å²) in [6, 6.07) is 24.8. The second-order valence-corrected chi connectivity index (χ2v) is 42.6. The molecule has 53 nitrogen and oxygen atoms in total. The van der Waals surface area contributed by atoms with E-state index in [1.54, 1.807) is 92.7 Å². The molecule has 58 heteroatoms. The summed E-state index contributed by atoms with van der Waals surface area (Å²) in [5, 5.41) is 8.06. The Morgan fingerprint density at radius 3 is 1.19 bits per heavy atom. The average molecular weight is 2170 g/mol. The van der Waals surface area contributed by atoms with Crippen LogP contribution in [0.1, 0.15) is 152 Å². The molecular weight excluding hydrogens is 2070 g/mol. The fourth-order valence-electron chi connectivity index (χ4n) is 16.5. The van der Waals surface area contributed by atoms with Gasteiger partial charge in [0.1, 0.15) is 125 Å². The third-order valence-electron chi connectivity index (χ3n) is 23.6. The number of phosphoric ester groups is 4. The first-order valence-corrected chi connectivity index (χ1v) is 54.2. The summed E-state index contributed by atoms with van der Waals surface area (Å²) in [4.78, 5) is 164. The molecule has 0 radical (unpaired) electrons. The van der Waals surface area contributed by atoms with Gasteiger partial charge >= 0.3 is 54.0 Å². The number of fused-ring (bicyclic) bond motifs is 1. The molecule has 20 atom stereocenters. The Bertz CT molecular complexity index is 7090. The zero-order chi connectivity index (χ0) is 107. The standard InChI is InChI=1S/C92H108N21O32P5/c1-14-64-66(43-77(136-64)111-49-60(8)85(115)107-92(111)122)142-147(123,128-38-32-94-10)133-51-71-67(44-75(138-71)108-36-30-74(114)101-89(108)119)143-149(125,130-40-34-96-12)135-53-73-69(46-79(140-73)112-55-100-80-83(98-54-99-84(80)112)104-88(118)63-28-22-17-23-29-63)145-150(126,131-41-35-97-13)134-52-72-68(45-78(139-72)110-48-59(7)82(106-91(110)121)103-87(117)62-26-20-16-21-27-62)144-148(124,129-39-33-95-11)132-50-70-65(141-146(127-37-31-93-9)113(56(2)3)57(4)5)42-76(137-70)109-47-58(6)81(105-90(109)120)102-86(116)61-24-18-15-19-25-61/h15-30,36,47-49,54-57,64-73,75-79H,14,31-35,37-46,50-53H2,1-8H3,(H,101,114,119)(H,107,115,122)(H,98,99,104,118)(H,102,105,116,120)(H,103,106,117,121)/t64-,65-,66-,67-,68-,69-,70-,71-,72-,73-,75-,76-,77-,78-,79-,146?,147?,148?,149?,150?/m1/s1. The van der Waals surface area contributed by atoms with Gasteiger partial charge in [0.25, 0.3) is 37.4 Å². The number of carbonyl (C=O) groups is 3. The second kappa shape index (κ2) is 52.2. The van der Waals surface area contributed by atoms with Crippen molar-refractivity contribution in [3.63, 3.8) is 0 Å². The molecule has 5 aliphatic heterocycles. The maximum atomic E-state index is 16.3. The van der Waals surface area contributed by atoms with Gasteiger partial charge in [-0.25, -0.2) is 89.9 Å². The molecule has 5 saturated heterocycles. The monoisotopic (exact) mass is 2170 g/mol. The molecule has 150 heavy (non-hydrogen) atoms. The highest BCUT2D eigenvalue weighted by Crippen LogP contribution is 2.61. The Morgan fingerprint density at radius 1 is 0.440 bits per heavy atom. The van der Waals surface area contributed by atoms with E-state index >= 15 is 18.3 Å². The summed E-state index contributed by atoms with van der Waals surface area (Å²) in [6.07, 6.45) is -15.9. The number of H-pyrrole nitrogens is 2. The molecule has 5 N–H and O–H groups in total. The van der Waals surface area contributed by atoms with Crippen LogP contribution in [0, 0.1) is 53.6 Å². The average Bonchev–Trinajstić information content (AvgIpc) is 1.53. The van der Waals surface area contributed by atoms with Gasteiger partial charge in [-0.2, -0.15) is 9.97 Å². The first kappa shape index (κ1) is 113. The normalized spacial score (nSPS) is 23.4. The number of hydrogen-bond acceptors (Lipinski definition) is 38. The molecule has 0 saturated carbocycles. The lowest BCUT2D eigenvalue weighted by molar-refractivity contribution is -0.0672. The Balaban J connectivity index is 0.795. The number of rotatable bonds is 52. The Morgan fingerprint density at radius 2 is 0.793 bits per heavy atom. The summed E-state index contributed by atoms with van der Waals surface area (Å²) in [7, 11) is -23.2. The number of imidazole rings is 1. The molecule has 9 aromatic rings. The van der Waals surface area contributed by atoms with Gasteiger partial charge in [0, 0.05) is 108 Å². The van der Waals surface area contributed by atoms with Gasteiger partial charge in [-0.1, -0.05) is 61.5 Å². The molecule has 3 aromatic carbocycles. The van der Waals surface area contributed by atoms with Gasteiger partial charge in [0.05, 0.1) is 51.1 Å². The highest BCUT2D eigenvalue weighted by molar-refractivity contribution is 7.49. The SMILES string of the molecule is [C-]#[N+]CCOP(O[C@@H]1C[C@H](n2cc(C)c(NC(=O)c3ccccc3)nc2=O)O[C@@H]1COP(=O)(OCC[N+]#[C-])O[C@@H]1C[C@H](n2cc(C)c(NC(=O)c3ccccc3)nc2=O)O[C@@H]1COP(=O)(OCC[N+]#[C-])O[C@@H]1C[C@H](n2cnc3c(NC(=O)c4ccccc4)ncnc32)O[C@@H]1COP(=O)(OCC[N+]#[C-])O[C@@H]1C[C@H](n2ccc(=O)[nH]c2=O)O[C@@H]1COP(=O)(OCC[N+]#[C-])O[C@@H]1C[C@H](n2cc(C)c(=O)[nH]c2=O)O[C@@H]1CC)N(C(C)C)C(C)C. The number of aromatic nitrogens is 12. The van der Waals surface area contributed by atoms with E-state index in [0.29, 0.717) is 5.56 Å². The van der Waals surface area contributed by atoms with Crippen molar-refractivity contribution in [3.05, 3.63) is 288 Å². The molecule has 5 aliphatic rings. The van der Waals surface area contributed by atoms with Crippen molar-refractivity contribution in [3.8, 4) is 0 Å². The van der Waals surface area contributed by atoms with E-state index in [1.807, 2.05) is 32.4 Å². The molecule has 5 fully saturated rings. The number of benzene rings is 3. The summed E-state index contributed by atoms with van der Waals surface area (Å²) in [6.45, 7) is 43.9. The summed E-state index contributed by atoms with van der Waals surface area (Å²) in [5.41, 5.74) is -3.82. The largest absolute Gasteiger partial charge is 0.475 e. The molecule has 11 heterocycles. The molecule has 14 rings (SSSR count). The van der Waals surface area contributed by atoms with Gasteiger partial charge in [-0.3, -0.25) is 111 Å². The lowest BCUT2D eigenvalue weighted by Crippen LogP contribution is -2.36. The van der Waals surface area contributed by atoms with E-state index in [4.69, 9.17) is 120 Å². The third-order valence-corrected chi connectivity index (χ3v) is 31.7. The van der Waals surface area contributed by atoms with Crippen LogP contribution in [0.25, 0.3) is 35.4 Å². The van der Waals surface area contributed by atoms with Crippen LogP contribution in [0.4, 0.5) is 17.5 Å². The first-order chi connectivity index (χ1) is 72.0. The van der Waals surface area contributed by atoms with Crippen molar-refractivity contribution in [2.24, 2.45) is 0 Å². The molecule has 0 spiro atoms. The fourth-order valence-corrected chi connectivity index (χ4v) is 23.8. The van der Waals surface area contributed by atoms with Crippen LogP contribution in [0.15, 0.2) is 163 Å². The number of aryl methyl sites for hydroxylation is 3. The van der Waals surface area contributed by atoms with E-state index in [-0.39, 0.29) is 107 Å². The lowest BCUT2D eigenvalue weighted by Gasteiger charge is -2.37. The molecule has 798 valence electrons.